The van der Waals surface area contributed by atoms with E-state index in [1.807, 2.05) is 26.0 Å². The summed E-state index contributed by atoms with van der Waals surface area (Å²) in [6.45, 7) is 20.6. The lowest BCUT2D eigenvalue weighted by atomic mass is 9.88. The molecular formula is C31H47NO5Si. The highest BCUT2D eigenvalue weighted by molar-refractivity contribution is 6.99. The summed E-state index contributed by atoms with van der Waals surface area (Å²) < 4.78 is 26.9. The number of fused-ring (bicyclic) bond motifs is 1. The molecule has 2 aliphatic heterocycles. The van der Waals surface area contributed by atoms with Gasteiger partial charge in [-0.25, -0.2) is 0 Å². The molecule has 38 heavy (non-hydrogen) atoms. The Bertz CT molecular complexity index is 1010. The van der Waals surface area contributed by atoms with Crippen molar-refractivity contribution in [1.82, 2.24) is 4.90 Å². The van der Waals surface area contributed by atoms with Crippen LogP contribution in [0.5, 0.6) is 0 Å². The average molecular weight is 542 g/mol. The van der Waals surface area contributed by atoms with Crippen LogP contribution in [0.3, 0.4) is 0 Å². The van der Waals surface area contributed by atoms with E-state index in [0.29, 0.717) is 0 Å². The van der Waals surface area contributed by atoms with Crippen LogP contribution in [-0.4, -0.2) is 73.4 Å². The Morgan fingerprint density at radius 1 is 0.868 bits per heavy atom. The van der Waals surface area contributed by atoms with E-state index in [4.69, 9.17) is 18.6 Å². The Kier molecular flexibility index (Phi) is 8.33. The fraction of sp³-hybridized carbons (Fsp3) is 0.613. The zero-order valence-electron chi connectivity index (χ0n) is 24.6. The largest absolute Gasteiger partial charge is 0.388 e. The summed E-state index contributed by atoms with van der Waals surface area (Å²) >= 11 is 0. The zero-order valence-corrected chi connectivity index (χ0v) is 25.6. The van der Waals surface area contributed by atoms with Gasteiger partial charge in [-0.1, -0.05) is 95.3 Å². The Morgan fingerprint density at radius 3 is 1.79 bits per heavy atom. The SMILES string of the molecule is CCN(CC)C(C)(C)C(O)[C@H]1O[C@H](O[Si](c2ccccc2)(c2ccccc2)C(C)(C)C)[C@H]2OC(C)(C)O[C@H]21. The summed E-state index contributed by atoms with van der Waals surface area (Å²) in [6.07, 6.45) is -3.00. The molecule has 4 rings (SSSR count). The summed E-state index contributed by atoms with van der Waals surface area (Å²) in [5.41, 5.74) is -0.527. The Hall–Kier alpha value is -1.58. The topological polar surface area (TPSA) is 60.4 Å². The van der Waals surface area contributed by atoms with Crippen LogP contribution >= 0.6 is 0 Å². The lowest BCUT2D eigenvalue weighted by Crippen LogP contribution is -2.68. The van der Waals surface area contributed by atoms with Crippen molar-refractivity contribution < 1.29 is 23.7 Å². The number of aliphatic hydroxyl groups excluding tert-OH is 1. The summed E-state index contributed by atoms with van der Waals surface area (Å²) in [6, 6.07) is 21.1. The average Bonchev–Trinajstić information content (AvgIpc) is 3.35. The molecule has 0 aliphatic carbocycles. The first-order valence-electron chi connectivity index (χ1n) is 14.0. The third-order valence-electron chi connectivity index (χ3n) is 8.37. The van der Waals surface area contributed by atoms with E-state index in [0.717, 1.165) is 13.1 Å². The second-order valence-electron chi connectivity index (χ2n) is 12.6. The van der Waals surface area contributed by atoms with Crippen molar-refractivity contribution in [2.24, 2.45) is 0 Å². The Morgan fingerprint density at radius 2 is 1.34 bits per heavy atom. The van der Waals surface area contributed by atoms with Crippen LogP contribution in [0.1, 0.15) is 62.3 Å². The van der Waals surface area contributed by atoms with Gasteiger partial charge in [0, 0.05) is 5.54 Å². The molecule has 1 N–H and O–H groups in total. The highest BCUT2D eigenvalue weighted by atomic mass is 28.4. The molecule has 0 bridgehead atoms. The van der Waals surface area contributed by atoms with Crippen LogP contribution in [0, 0.1) is 0 Å². The quantitative estimate of drug-likeness (QED) is 0.478. The first kappa shape index (κ1) is 29.4. The van der Waals surface area contributed by atoms with E-state index < -0.39 is 50.3 Å². The first-order valence-corrected chi connectivity index (χ1v) is 15.9. The fourth-order valence-corrected chi connectivity index (χ4v) is 11.0. The predicted molar refractivity (Wildman–Crippen MR) is 154 cm³/mol. The van der Waals surface area contributed by atoms with Gasteiger partial charge in [0.2, 0.25) is 0 Å². The predicted octanol–water partition coefficient (Wildman–Crippen LogP) is 4.29. The van der Waals surface area contributed by atoms with Gasteiger partial charge in [0.25, 0.3) is 8.32 Å². The van der Waals surface area contributed by atoms with Gasteiger partial charge in [-0.15, -0.1) is 0 Å². The third kappa shape index (κ3) is 5.15. The van der Waals surface area contributed by atoms with Gasteiger partial charge in [-0.05, 0) is 56.2 Å². The van der Waals surface area contributed by atoms with Gasteiger partial charge in [-0.2, -0.15) is 0 Å². The minimum atomic E-state index is -2.92. The maximum atomic E-state index is 11.8. The van der Waals surface area contributed by atoms with Gasteiger partial charge in [0.05, 0.1) is 0 Å². The molecule has 210 valence electrons. The van der Waals surface area contributed by atoms with Crippen LogP contribution in [0.15, 0.2) is 60.7 Å². The van der Waals surface area contributed by atoms with Crippen LogP contribution < -0.4 is 10.4 Å². The van der Waals surface area contributed by atoms with Crippen molar-refractivity contribution >= 4 is 18.7 Å². The van der Waals surface area contributed by atoms with Crippen molar-refractivity contribution in [3.63, 3.8) is 0 Å². The van der Waals surface area contributed by atoms with Gasteiger partial charge >= 0.3 is 0 Å². The van der Waals surface area contributed by atoms with Crippen molar-refractivity contribution in [1.29, 1.82) is 0 Å². The molecule has 0 aromatic heterocycles. The highest BCUT2D eigenvalue weighted by Gasteiger charge is 2.62. The van der Waals surface area contributed by atoms with Crippen molar-refractivity contribution in [3.05, 3.63) is 60.7 Å². The molecule has 2 aromatic carbocycles. The normalized spacial score (nSPS) is 26.5. The number of ether oxygens (including phenoxy) is 3. The summed E-state index contributed by atoms with van der Waals surface area (Å²) in [4.78, 5) is 2.26. The molecule has 2 saturated heterocycles. The minimum absolute atomic E-state index is 0.221. The smallest absolute Gasteiger partial charge is 0.264 e. The number of nitrogens with zero attached hydrogens (tertiary/aromatic N) is 1. The van der Waals surface area contributed by atoms with E-state index in [-0.39, 0.29) is 5.04 Å². The number of hydrogen-bond acceptors (Lipinski definition) is 6. The molecule has 0 saturated carbocycles. The van der Waals surface area contributed by atoms with Crippen LogP contribution in [0.4, 0.5) is 0 Å². The number of rotatable bonds is 9. The van der Waals surface area contributed by atoms with Crippen molar-refractivity contribution in [2.75, 3.05) is 13.1 Å². The summed E-state index contributed by atoms with van der Waals surface area (Å²) in [5.74, 6) is -0.802. The minimum Gasteiger partial charge on any atom is -0.388 e. The molecular weight excluding hydrogens is 494 g/mol. The van der Waals surface area contributed by atoms with Gasteiger partial charge in [0.15, 0.2) is 12.1 Å². The molecule has 2 heterocycles. The molecule has 2 aliphatic rings. The molecule has 6 nitrogen and oxygen atoms in total. The molecule has 2 aromatic rings. The van der Waals surface area contributed by atoms with E-state index in [2.05, 4.69) is 102 Å². The van der Waals surface area contributed by atoms with E-state index in [1.165, 1.54) is 10.4 Å². The molecule has 7 heteroatoms. The van der Waals surface area contributed by atoms with Crippen LogP contribution in [-0.2, 0) is 18.6 Å². The maximum Gasteiger partial charge on any atom is 0.264 e. The lowest BCUT2D eigenvalue weighted by Gasteiger charge is -2.45. The van der Waals surface area contributed by atoms with Crippen LogP contribution in [0.2, 0.25) is 5.04 Å². The first-order chi connectivity index (χ1) is 17.8. The number of hydrogen-bond donors (Lipinski definition) is 1. The van der Waals surface area contributed by atoms with Gasteiger partial charge in [0.1, 0.15) is 24.4 Å². The summed E-state index contributed by atoms with van der Waals surface area (Å²) in [5, 5.41) is 13.9. The number of aliphatic hydroxyl groups is 1. The van der Waals surface area contributed by atoms with Gasteiger partial charge in [-0.3, -0.25) is 4.90 Å². The summed E-state index contributed by atoms with van der Waals surface area (Å²) in [7, 11) is -2.92. The van der Waals surface area contributed by atoms with E-state index in [1.54, 1.807) is 0 Å². The second kappa shape index (κ2) is 10.8. The second-order valence-corrected chi connectivity index (χ2v) is 16.8. The van der Waals surface area contributed by atoms with E-state index >= 15 is 0 Å². The highest BCUT2D eigenvalue weighted by Crippen LogP contribution is 2.45. The molecule has 5 atom stereocenters. The van der Waals surface area contributed by atoms with E-state index in [9.17, 15) is 5.11 Å². The standard InChI is InChI=1S/C31H47NO5Si/c1-10-32(11-2)30(6,7)27(33)25-24-26(36-31(8,9)35-24)28(34-25)37-38(29(3,4)5,22-18-14-12-15-19-22)23-20-16-13-17-21-23/h12-21,24-28,33H,10-11H2,1-9H3/t24-,25-,26-,27?,28+/m0/s1. The van der Waals surface area contributed by atoms with Crippen LogP contribution in [0.25, 0.3) is 0 Å². The maximum absolute atomic E-state index is 11.8. The number of benzene rings is 2. The Labute approximate surface area is 230 Å². The molecule has 0 radical (unpaired) electrons. The lowest BCUT2D eigenvalue weighted by molar-refractivity contribution is -0.233. The van der Waals surface area contributed by atoms with Crippen molar-refractivity contribution in [2.45, 2.75) is 109 Å². The monoisotopic (exact) mass is 541 g/mol. The Balaban J connectivity index is 1.79. The third-order valence-corrected chi connectivity index (χ3v) is 13.4. The zero-order chi connectivity index (χ0) is 27.9. The molecule has 0 spiro atoms. The molecule has 1 unspecified atom stereocenters. The molecule has 0 amide bonds. The number of likely N-dealkylation sites (N-methyl/N-ethyl adjacent to an activating group) is 1. The van der Waals surface area contributed by atoms with Gasteiger partial charge < -0.3 is 23.7 Å². The molecule has 2 fully saturated rings. The van der Waals surface area contributed by atoms with Crippen molar-refractivity contribution in [3.8, 4) is 0 Å². The fourth-order valence-electron chi connectivity index (χ4n) is 6.43.